The number of rotatable bonds is 3. The first-order chi connectivity index (χ1) is 14.1. The van der Waals surface area contributed by atoms with E-state index in [1.165, 1.54) is 11.3 Å². The molecule has 3 N–H and O–H groups in total. The van der Waals surface area contributed by atoms with Gasteiger partial charge in [0.15, 0.2) is 15.6 Å². The standard InChI is InChI=1S/C17H19N9OS2/c1-10-8-24(16(27)19-6-11-7-20-17-26(11)4-5-28-17)2-3-25(10)13-12-14(29-9-21-12)23-15(18)22-13/h4-5,7,9-10H,2-3,6,8H2,1H3,(H,19,27)(H2,18,22,23)/t10-/m0/s1. The Kier molecular flexibility index (Phi) is 4.43. The van der Waals surface area contributed by atoms with Gasteiger partial charge in [-0.1, -0.05) is 0 Å². The predicted octanol–water partition coefficient (Wildman–Crippen LogP) is 1.80. The summed E-state index contributed by atoms with van der Waals surface area (Å²) < 4.78 is 1.99. The molecule has 10 nitrogen and oxygen atoms in total. The third-order valence-corrected chi connectivity index (χ3v) is 6.52. The largest absolute Gasteiger partial charge is 0.368 e. The molecule has 4 aromatic heterocycles. The van der Waals surface area contributed by atoms with Crippen LogP contribution in [0.15, 0.2) is 23.3 Å². The third-order valence-electron chi connectivity index (χ3n) is 5.03. The van der Waals surface area contributed by atoms with Crippen LogP contribution in [0, 0.1) is 0 Å². The third kappa shape index (κ3) is 3.23. The number of fused-ring (bicyclic) bond motifs is 2. The number of hydrogen-bond acceptors (Lipinski definition) is 9. The number of anilines is 2. The number of imidazole rings is 1. The summed E-state index contributed by atoms with van der Waals surface area (Å²) in [6.07, 6.45) is 3.76. The molecule has 1 aliphatic heterocycles. The van der Waals surface area contributed by atoms with E-state index in [9.17, 15) is 4.79 Å². The zero-order valence-corrected chi connectivity index (χ0v) is 17.3. The summed E-state index contributed by atoms with van der Waals surface area (Å²) in [5.74, 6) is 0.977. The van der Waals surface area contributed by atoms with E-state index in [4.69, 9.17) is 5.73 Å². The topological polar surface area (TPSA) is 118 Å². The van der Waals surface area contributed by atoms with Crippen LogP contribution in [0.3, 0.4) is 0 Å². The molecule has 1 fully saturated rings. The van der Waals surface area contributed by atoms with Crippen LogP contribution in [0.4, 0.5) is 16.6 Å². The fraction of sp³-hybridized carbons (Fsp3) is 0.353. The Labute approximate surface area is 174 Å². The highest BCUT2D eigenvalue weighted by molar-refractivity contribution is 7.16. The molecule has 1 atom stereocenters. The minimum Gasteiger partial charge on any atom is -0.368 e. The highest BCUT2D eigenvalue weighted by Crippen LogP contribution is 2.28. The van der Waals surface area contributed by atoms with Crippen molar-refractivity contribution in [3.8, 4) is 0 Å². The second-order valence-electron chi connectivity index (χ2n) is 6.86. The summed E-state index contributed by atoms with van der Waals surface area (Å²) >= 11 is 3.01. The molecule has 0 unspecified atom stereocenters. The Morgan fingerprint density at radius 3 is 3.07 bits per heavy atom. The van der Waals surface area contributed by atoms with Crippen molar-refractivity contribution in [3.05, 3.63) is 29.0 Å². The minimum atomic E-state index is -0.0808. The maximum Gasteiger partial charge on any atom is 0.317 e. The molecule has 5 rings (SSSR count). The molecule has 0 saturated carbocycles. The number of amides is 2. The number of carbonyl (C=O) groups excluding carboxylic acids is 1. The lowest BCUT2D eigenvalue weighted by atomic mass is 10.2. The van der Waals surface area contributed by atoms with E-state index in [1.807, 2.05) is 20.9 Å². The lowest BCUT2D eigenvalue weighted by Gasteiger charge is -2.40. The monoisotopic (exact) mass is 429 g/mol. The van der Waals surface area contributed by atoms with Gasteiger partial charge >= 0.3 is 6.03 Å². The van der Waals surface area contributed by atoms with E-state index in [0.29, 0.717) is 26.2 Å². The van der Waals surface area contributed by atoms with Gasteiger partial charge in [0.2, 0.25) is 5.95 Å². The van der Waals surface area contributed by atoms with Crippen LogP contribution in [0.2, 0.25) is 0 Å². The van der Waals surface area contributed by atoms with Gasteiger partial charge < -0.3 is 20.9 Å². The maximum absolute atomic E-state index is 12.7. The van der Waals surface area contributed by atoms with Gasteiger partial charge in [-0.3, -0.25) is 4.40 Å². The van der Waals surface area contributed by atoms with E-state index < -0.39 is 0 Å². The number of nitrogens with zero attached hydrogens (tertiary/aromatic N) is 7. The quantitative estimate of drug-likeness (QED) is 0.510. The summed E-state index contributed by atoms with van der Waals surface area (Å²) in [6.45, 7) is 4.34. The van der Waals surface area contributed by atoms with Gasteiger partial charge in [0.25, 0.3) is 0 Å². The highest BCUT2D eigenvalue weighted by atomic mass is 32.1. The molecule has 0 spiro atoms. The van der Waals surface area contributed by atoms with Gasteiger partial charge in [0.05, 0.1) is 23.9 Å². The summed E-state index contributed by atoms with van der Waals surface area (Å²) in [4.78, 5) is 35.8. The number of hydrogen-bond donors (Lipinski definition) is 2. The van der Waals surface area contributed by atoms with Crippen LogP contribution in [-0.4, -0.2) is 60.9 Å². The molecular weight excluding hydrogens is 410 g/mol. The zero-order valence-electron chi connectivity index (χ0n) is 15.6. The van der Waals surface area contributed by atoms with Crippen molar-refractivity contribution in [3.63, 3.8) is 0 Å². The summed E-state index contributed by atoms with van der Waals surface area (Å²) in [5.41, 5.74) is 9.35. The molecule has 1 aliphatic rings. The number of piperazine rings is 1. The molecule has 0 aliphatic carbocycles. The maximum atomic E-state index is 12.7. The number of urea groups is 1. The van der Waals surface area contributed by atoms with Crippen molar-refractivity contribution >= 4 is 55.8 Å². The zero-order chi connectivity index (χ0) is 20.0. The Morgan fingerprint density at radius 2 is 2.21 bits per heavy atom. The van der Waals surface area contributed by atoms with Crippen molar-refractivity contribution < 1.29 is 4.79 Å². The van der Waals surface area contributed by atoms with Gasteiger partial charge in [0, 0.05) is 37.3 Å². The summed E-state index contributed by atoms with van der Waals surface area (Å²) in [7, 11) is 0. The Bertz CT molecular complexity index is 1180. The van der Waals surface area contributed by atoms with Crippen LogP contribution in [0.5, 0.6) is 0 Å². The molecule has 12 heteroatoms. The molecule has 5 heterocycles. The van der Waals surface area contributed by atoms with Gasteiger partial charge in [-0.05, 0) is 6.92 Å². The number of nitrogen functional groups attached to an aromatic ring is 1. The van der Waals surface area contributed by atoms with Gasteiger partial charge in [-0.25, -0.2) is 19.7 Å². The average Bonchev–Trinajstić information content (AvgIpc) is 3.42. The molecule has 0 radical (unpaired) electrons. The van der Waals surface area contributed by atoms with Gasteiger partial charge in [0.1, 0.15) is 5.52 Å². The summed E-state index contributed by atoms with van der Waals surface area (Å²) in [6, 6.07) is -0.00469. The second-order valence-corrected chi connectivity index (χ2v) is 8.57. The van der Waals surface area contributed by atoms with E-state index in [-0.39, 0.29) is 18.0 Å². The van der Waals surface area contributed by atoms with E-state index >= 15 is 0 Å². The molecule has 2 amide bonds. The smallest absolute Gasteiger partial charge is 0.317 e. The number of carbonyl (C=O) groups is 1. The fourth-order valence-corrected chi connectivity index (χ4v) is 4.97. The first kappa shape index (κ1) is 18.1. The van der Waals surface area contributed by atoms with Crippen molar-refractivity contribution in [2.75, 3.05) is 30.3 Å². The lowest BCUT2D eigenvalue weighted by molar-refractivity contribution is 0.186. The fourth-order valence-electron chi connectivity index (χ4n) is 3.60. The van der Waals surface area contributed by atoms with Gasteiger partial charge in [-0.2, -0.15) is 4.98 Å². The van der Waals surface area contributed by atoms with E-state index in [1.54, 1.807) is 23.0 Å². The second kappa shape index (κ2) is 7.12. The number of nitrogens with one attached hydrogen (secondary N) is 1. The summed E-state index contributed by atoms with van der Waals surface area (Å²) in [5, 5.41) is 4.98. The minimum absolute atomic E-state index is 0.0762. The van der Waals surface area contributed by atoms with Crippen LogP contribution in [-0.2, 0) is 6.54 Å². The molecule has 150 valence electrons. The van der Waals surface area contributed by atoms with Crippen molar-refractivity contribution in [1.29, 1.82) is 0 Å². The molecule has 4 aromatic rings. The van der Waals surface area contributed by atoms with Crippen LogP contribution in [0.25, 0.3) is 15.3 Å². The lowest BCUT2D eigenvalue weighted by Crippen LogP contribution is -2.56. The molecule has 0 bridgehead atoms. The van der Waals surface area contributed by atoms with Crippen LogP contribution < -0.4 is 16.0 Å². The van der Waals surface area contributed by atoms with Crippen molar-refractivity contribution in [2.24, 2.45) is 0 Å². The number of thiazole rings is 2. The Morgan fingerprint density at radius 1 is 1.31 bits per heavy atom. The average molecular weight is 430 g/mol. The Hall–Kier alpha value is -2.99. The van der Waals surface area contributed by atoms with Crippen LogP contribution >= 0.6 is 22.7 Å². The highest BCUT2D eigenvalue weighted by Gasteiger charge is 2.29. The van der Waals surface area contributed by atoms with Crippen LogP contribution in [0.1, 0.15) is 12.6 Å². The predicted molar refractivity (Wildman–Crippen MR) is 113 cm³/mol. The van der Waals surface area contributed by atoms with Crippen molar-refractivity contribution in [2.45, 2.75) is 19.5 Å². The van der Waals surface area contributed by atoms with E-state index in [2.05, 4.69) is 37.1 Å². The van der Waals surface area contributed by atoms with E-state index in [0.717, 1.165) is 26.8 Å². The number of aromatic nitrogens is 5. The molecule has 1 saturated heterocycles. The SMILES string of the molecule is C[C@H]1CN(C(=O)NCc2cnc3sccn23)CCN1c1nc(N)nc2scnc12. The molecule has 0 aromatic carbocycles. The first-order valence-electron chi connectivity index (χ1n) is 9.15. The normalized spacial score (nSPS) is 17.3. The Balaban J connectivity index is 1.26. The first-order valence-corrected chi connectivity index (χ1v) is 10.9. The molecule has 29 heavy (non-hydrogen) atoms. The molecular formula is C17H19N9OS2. The van der Waals surface area contributed by atoms with Gasteiger partial charge in [-0.15, -0.1) is 22.7 Å². The number of nitrogens with two attached hydrogens (primary N) is 1. The van der Waals surface area contributed by atoms with Crippen molar-refractivity contribution in [1.82, 2.24) is 34.6 Å².